The molecule has 0 unspecified atom stereocenters. The van der Waals surface area contributed by atoms with Crippen LogP contribution in [0, 0.1) is 5.41 Å². The molecule has 1 heterocycles. The van der Waals surface area contributed by atoms with E-state index in [0.29, 0.717) is 19.6 Å². The Labute approximate surface area is 121 Å². The molecule has 20 heavy (non-hydrogen) atoms. The number of carbonyl (C=O) groups excluding carboxylic acids is 2. The van der Waals surface area contributed by atoms with Gasteiger partial charge in [-0.2, -0.15) is 0 Å². The molecule has 0 saturated carbocycles. The Balaban J connectivity index is 2.68. The van der Waals surface area contributed by atoms with Crippen LogP contribution in [-0.4, -0.2) is 60.9 Å². The molecule has 116 valence electrons. The molecule has 1 aliphatic heterocycles. The van der Waals surface area contributed by atoms with Crippen LogP contribution in [0.25, 0.3) is 0 Å². The second-order valence-corrected chi connectivity index (χ2v) is 5.58. The number of nitrogens with zero attached hydrogens (tertiary/aromatic N) is 2. The highest BCUT2D eigenvalue weighted by atomic mass is 16.2. The van der Waals surface area contributed by atoms with Crippen molar-refractivity contribution in [2.45, 2.75) is 33.1 Å². The smallest absolute Gasteiger partial charge is 0.231 e. The summed E-state index contributed by atoms with van der Waals surface area (Å²) in [7, 11) is 0. The third-order valence-corrected chi connectivity index (χ3v) is 4.45. The lowest BCUT2D eigenvalue weighted by Crippen LogP contribution is -2.48. The van der Waals surface area contributed by atoms with E-state index >= 15 is 0 Å². The molecule has 0 aliphatic carbocycles. The molecule has 0 aromatic heterocycles. The highest BCUT2D eigenvalue weighted by Gasteiger charge is 2.37. The van der Waals surface area contributed by atoms with Gasteiger partial charge in [0.15, 0.2) is 0 Å². The molecule has 1 rings (SSSR count). The summed E-state index contributed by atoms with van der Waals surface area (Å²) >= 11 is 0. The van der Waals surface area contributed by atoms with Gasteiger partial charge in [-0.1, -0.05) is 13.8 Å². The lowest BCUT2D eigenvalue weighted by Gasteiger charge is -2.34. The van der Waals surface area contributed by atoms with Crippen molar-refractivity contribution in [3.8, 4) is 0 Å². The Morgan fingerprint density at radius 3 is 2.25 bits per heavy atom. The molecule has 0 aromatic carbocycles. The van der Waals surface area contributed by atoms with Crippen LogP contribution in [0.1, 0.15) is 33.1 Å². The Morgan fingerprint density at radius 2 is 1.75 bits per heavy atom. The fourth-order valence-corrected chi connectivity index (χ4v) is 2.82. The van der Waals surface area contributed by atoms with Gasteiger partial charge in [0, 0.05) is 32.7 Å². The van der Waals surface area contributed by atoms with E-state index < -0.39 is 5.41 Å². The molecule has 0 radical (unpaired) electrons. The van der Waals surface area contributed by atoms with Gasteiger partial charge >= 0.3 is 0 Å². The minimum absolute atomic E-state index is 0.158. The first-order valence-electron chi connectivity index (χ1n) is 7.49. The van der Waals surface area contributed by atoms with Gasteiger partial charge in [-0.25, -0.2) is 0 Å². The summed E-state index contributed by atoms with van der Waals surface area (Å²) in [5.41, 5.74) is 10.6. The number of rotatable bonds is 6. The highest BCUT2D eigenvalue weighted by molar-refractivity contribution is 5.83. The van der Waals surface area contributed by atoms with Crippen LogP contribution in [-0.2, 0) is 9.59 Å². The second-order valence-electron chi connectivity index (χ2n) is 5.58. The fourth-order valence-electron chi connectivity index (χ4n) is 2.82. The zero-order valence-corrected chi connectivity index (χ0v) is 12.7. The highest BCUT2D eigenvalue weighted by Crippen LogP contribution is 2.28. The van der Waals surface area contributed by atoms with Crippen LogP contribution >= 0.6 is 0 Å². The van der Waals surface area contributed by atoms with Gasteiger partial charge in [0.05, 0.1) is 12.0 Å². The van der Waals surface area contributed by atoms with E-state index in [2.05, 4.69) is 0 Å². The largest absolute Gasteiger partial charge is 0.369 e. The van der Waals surface area contributed by atoms with Crippen molar-refractivity contribution in [1.29, 1.82) is 0 Å². The normalized spacial score (nSPS) is 17.9. The average Bonchev–Trinajstić information content (AvgIpc) is 2.66. The zero-order chi connectivity index (χ0) is 15.2. The van der Waals surface area contributed by atoms with Crippen molar-refractivity contribution in [3.05, 3.63) is 0 Å². The summed E-state index contributed by atoms with van der Waals surface area (Å²) < 4.78 is 0. The Hall–Kier alpha value is -1.14. The maximum atomic E-state index is 12.7. The summed E-state index contributed by atoms with van der Waals surface area (Å²) in [5.74, 6) is -0.158. The topological polar surface area (TPSA) is 92.7 Å². The summed E-state index contributed by atoms with van der Waals surface area (Å²) in [4.78, 5) is 27.6. The molecule has 0 aromatic rings. The van der Waals surface area contributed by atoms with Crippen LogP contribution in [0.15, 0.2) is 0 Å². The molecule has 6 heteroatoms. The van der Waals surface area contributed by atoms with Crippen LogP contribution in [0.5, 0.6) is 0 Å². The molecule has 0 atom stereocenters. The predicted octanol–water partition coefficient (Wildman–Crippen LogP) is -0.229. The molecule has 2 amide bonds. The molecule has 0 spiro atoms. The van der Waals surface area contributed by atoms with E-state index in [1.54, 1.807) is 0 Å². The van der Waals surface area contributed by atoms with E-state index in [4.69, 9.17) is 11.5 Å². The summed E-state index contributed by atoms with van der Waals surface area (Å²) in [5, 5.41) is 0. The number of hydrogen-bond donors (Lipinski definition) is 2. The van der Waals surface area contributed by atoms with Crippen molar-refractivity contribution >= 4 is 11.8 Å². The van der Waals surface area contributed by atoms with E-state index in [9.17, 15) is 9.59 Å². The van der Waals surface area contributed by atoms with Crippen LogP contribution < -0.4 is 11.5 Å². The van der Waals surface area contributed by atoms with Crippen LogP contribution in [0.2, 0.25) is 0 Å². The van der Waals surface area contributed by atoms with Crippen molar-refractivity contribution in [1.82, 2.24) is 9.80 Å². The SMILES string of the molecule is CCC(CC)(CN)C(=O)N1CCCN(CC(N)=O)CC1. The van der Waals surface area contributed by atoms with Gasteiger partial charge < -0.3 is 16.4 Å². The minimum atomic E-state index is -0.432. The van der Waals surface area contributed by atoms with Gasteiger partial charge in [-0.05, 0) is 19.3 Å². The van der Waals surface area contributed by atoms with Gasteiger partial charge in [0.1, 0.15) is 0 Å². The number of primary amides is 1. The number of carbonyl (C=O) groups is 2. The maximum Gasteiger partial charge on any atom is 0.231 e. The Bertz CT molecular complexity index is 334. The first kappa shape index (κ1) is 16.9. The van der Waals surface area contributed by atoms with Crippen molar-refractivity contribution in [2.75, 3.05) is 39.3 Å². The summed E-state index contributed by atoms with van der Waals surface area (Å²) in [6.07, 6.45) is 2.40. The lowest BCUT2D eigenvalue weighted by atomic mass is 9.81. The van der Waals surface area contributed by atoms with Crippen molar-refractivity contribution in [2.24, 2.45) is 16.9 Å². The summed E-state index contributed by atoms with van der Waals surface area (Å²) in [6.45, 7) is 7.58. The zero-order valence-electron chi connectivity index (χ0n) is 12.7. The predicted molar refractivity (Wildman–Crippen MR) is 78.9 cm³/mol. The standard InChI is InChI=1S/C14H28N4O2/c1-3-14(4-2,11-15)13(20)18-7-5-6-17(8-9-18)10-12(16)19/h3-11,15H2,1-2H3,(H2,16,19). The van der Waals surface area contributed by atoms with Gasteiger partial charge in [0.2, 0.25) is 11.8 Å². The fraction of sp³-hybridized carbons (Fsp3) is 0.857. The minimum Gasteiger partial charge on any atom is -0.369 e. The van der Waals surface area contributed by atoms with Crippen LogP contribution in [0.4, 0.5) is 0 Å². The van der Waals surface area contributed by atoms with Crippen molar-refractivity contribution in [3.63, 3.8) is 0 Å². The molecule has 1 fully saturated rings. The molecule has 0 bridgehead atoms. The lowest BCUT2D eigenvalue weighted by molar-refractivity contribution is -0.142. The monoisotopic (exact) mass is 284 g/mol. The molecule has 1 aliphatic rings. The third kappa shape index (κ3) is 3.93. The van der Waals surface area contributed by atoms with Crippen LogP contribution in [0.3, 0.4) is 0 Å². The molecular weight excluding hydrogens is 256 g/mol. The van der Waals surface area contributed by atoms with Gasteiger partial charge in [-0.3, -0.25) is 14.5 Å². The molecular formula is C14H28N4O2. The molecule has 1 saturated heterocycles. The third-order valence-electron chi connectivity index (χ3n) is 4.45. The number of hydrogen-bond acceptors (Lipinski definition) is 4. The number of nitrogens with two attached hydrogens (primary N) is 2. The van der Waals surface area contributed by atoms with Gasteiger partial charge in [-0.15, -0.1) is 0 Å². The van der Waals surface area contributed by atoms with E-state index in [1.807, 2.05) is 23.6 Å². The second kappa shape index (κ2) is 7.59. The molecule has 6 nitrogen and oxygen atoms in total. The quantitative estimate of drug-likeness (QED) is 0.705. The summed E-state index contributed by atoms with van der Waals surface area (Å²) in [6, 6.07) is 0. The maximum absolute atomic E-state index is 12.7. The first-order valence-corrected chi connectivity index (χ1v) is 7.49. The molecule has 4 N–H and O–H groups in total. The van der Waals surface area contributed by atoms with E-state index in [-0.39, 0.29) is 18.4 Å². The van der Waals surface area contributed by atoms with Crippen molar-refractivity contribution < 1.29 is 9.59 Å². The van der Waals surface area contributed by atoms with E-state index in [1.165, 1.54) is 0 Å². The first-order chi connectivity index (χ1) is 9.49. The van der Waals surface area contributed by atoms with E-state index in [0.717, 1.165) is 32.4 Å². The Morgan fingerprint density at radius 1 is 1.10 bits per heavy atom. The van der Waals surface area contributed by atoms with Gasteiger partial charge in [0.25, 0.3) is 0 Å². The average molecular weight is 284 g/mol. The number of amides is 2. The Kier molecular flexibility index (Phi) is 6.42.